The van der Waals surface area contributed by atoms with Crippen LogP contribution in [0.2, 0.25) is 0 Å². The van der Waals surface area contributed by atoms with E-state index in [0.29, 0.717) is 12.1 Å². The number of ether oxygens (including phenoxy) is 1. The lowest BCUT2D eigenvalue weighted by Gasteiger charge is -2.12. The first-order chi connectivity index (χ1) is 12.8. The predicted octanol–water partition coefficient (Wildman–Crippen LogP) is 4.92. The molecule has 0 saturated heterocycles. The number of benzene rings is 3. The van der Waals surface area contributed by atoms with Crippen LogP contribution in [-0.2, 0) is 12.3 Å². The summed E-state index contributed by atoms with van der Waals surface area (Å²) in [4.78, 5) is 13.7. The molecular formula is C22H21NO2S. The van der Waals surface area contributed by atoms with Crippen molar-refractivity contribution in [3.63, 3.8) is 0 Å². The Labute approximate surface area is 158 Å². The van der Waals surface area contributed by atoms with E-state index in [1.807, 2.05) is 66.7 Å². The summed E-state index contributed by atoms with van der Waals surface area (Å²) in [6, 6.07) is 25.7. The van der Waals surface area contributed by atoms with Gasteiger partial charge in [-0.1, -0.05) is 60.7 Å². The Morgan fingerprint density at radius 1 is 0.923 bits per heavy atom. The Morgan fingerprint density at radius 2 is 1.62 bits per heavy atom. The molecule has 0 spiro atoms. The van der Waals surface area contributed by atoms with Crippen molar-refractivity contribution in [3.05, 3.63) is 95.6 Å². The SMILES string of the molecule is COc1ccccc1CNC(=O)c1ccccc1SCc1ccccc1. The van der Waals surface area contributed by atoms with Crippen LogP contribution in [0.5, 0.6) is 5.75 Å². The highest BCUT2D eigenvalue weighted by molar-refractivity contribution is 7.98. The Hall–Kier alpha value is -2.72. The van der Waals surface area contributed by atoms with Crippen molar-refractivity contribution in [3.8, 4) is 5.75 Å². The van der Waals surface area contributed by atoms with Crippen molar-refractivity contribution in [1.82, 2.24) is 5.32 Å². The number of para-hydroxylation sites is 1. The van der Waals surface area contributed by atoms with E-state index in [0.717, 1.165) is 22.0 Å². The van der Waals surface area contributed by atoms with Gasteiger partial charge in [-0.2, -0.15) is 0 Å². The number of amides is 1. The second-order valence-electron chi connectivity index (χ2n) is 5.76. The summed E-state index contributed by atoms with van der Waals surface area (Å²) in [5, 5.41) is 3.00. The van der Waals surface area contributed by atoms with E-state index in [2.05, 4.69) is 17.4 Å². The fraction of sp³-hybridized carbons (Fsp3) is 0.136. The van der Waals surface area contributed by atoms with Crippen LogP contribution in [-0.4, -0.2) is 13.0 Å². The molecule has 3 aromatic rings. The van der Waals surface area contributed by atoms with Crippen molar-refractivity contribution in [2.75, 3.05) is 7.11 Å². The molecule has 132 valence electrons. The molecule has 0 unspecified atom stereocenters. The highest BCUT2D eigenvalue weighted by Crippen LogP contribution is 2.26. The van der Waals surface area contributed by atoms with Gasteiger partial charge >= 0.3 is 0 Å². The number of hydrogen-bond donors (Lipinski definition) is 1. The minimum Gasteiger partial charge on any atom is -0.496 e. The van der Waals surface area contributed by atoms with Crippen LogP contribution in [0.1, 0.15) is 21.5 Å². The first-order valence-electron chi connectivity index (χ1n) is 8.44. The van der Waals surface area contributed by atoms with E-state index in [4.69, 9.17) is 4.74 Å². The maximum absolute atomic E-state index is 12.7. The molecule has 26 heavy (non-hydrogen) atoms. The molecule has 3 rings (SSSR count). The van der Waals surface area contributed by atoms with Crippen LogP contribution < -0.4 is 10.1 Å². The molecule has 0 heterocycles. The molecule has 3 aromatic carbocycles. The molecule has 4 heteroatoms. The summed E-state index contributed by atoms with van der Waals surface area (Å²) in [6.45, 7) is 0.431. The third-order valence-electron chi connectivity index (χ3n) is 4.00. The van der Waals surface area contributed by atoms with Crippen molar-refractivity contribution in [2.45, 2.75) is 17.2 Å². The molecule has 1 N–H and O–H groups in total. The Kier molecular flexibility index (Phi) is 6.34. The normalized spacial score (nSPS) is 10.3. The van der Waals surface area contributed by atoms with E-state index in [1.165, 1.54) is 5.56 Å². The largest absolute Gasteiger partial charge is 0.496 e. The van der Waals surface area contributed by atoms with Crippen molar-refractivity contribution >= 4 is 17.7 Å². The number of hydrogen-bond acceptors (Lipinski definition) is 3. The fourth-order valence-corrected chi connectivity index (χ4v) is 3.64. The summed E-state index contributed by atoms with van der Waals surface area (Å²) < 4.78 is 5.34. The summed E-state index contributed by atoms with van der Waals surface area (Å²) in [6.07, 6.45) is 0. The van der Waals surface area contributed by atoms with Gasteiger partial charge in [0.2, 0.25) is 0 Å². The lowest BCUT2D eigenvalue weighted by atomic mass is 10.1. The van der Waals surface area contributed by atoms with Crippen LogP contribution in [0.15, 0.2) is 83.8 Å². The van der Waals surface area contributed by atoms with Gasteiger partial charge in [0.25, 0.3) is 5.91 Å². The Morgan fingerprint density at radius 3 is 2.42 bits per heavy atom. The third-order valence-corrected chi connectivity index (χ3v) is 5.15. The molecule has 1 amide bonds. The van der Waals surface area contributed by atoms with Crippen LogP contribution in [0.3, 0.4) is 0 Å². The first kappa shape index (κ1) is 18.1. The van der Waals surface area contributed by atoms with Gasteiger partial charge in [0.05, 0.1) is 12.7 Å². The maximum atomic E-state index is 12.7. The predicted molar refractivity (Wildman–Crippen MR) is 107 cm³/mol. The first-order valence-corrected chi connectivity index (χ1v) is 9.42. The van der Waals surface area contributed by atoms with Gasteiger partial charge in [0.1, 0.15) is 5.75 Å². The molecule has 0 saturated carbocycles. The van der Waals surface area contributed by atoms with Gasteiger partial charge in [0, 0.05) is 22.8 Å². The zero-order valence-electron chi connectivity index (χ0n) is 14.6. The number of carbonyl (C=O) groups excluding carboxylic acids is 1. The molecule has 0 bridgehead atoms. The van der Waals surface area contributed by atoms with Gasteiger partial charge in [-0.25, -0.2) is 0 Å². The Bertz CT molecular complexity index is 865. The fourth-order valence-electron chi connectivity index (χ4n) is 2.64. The van der Waals surface area contributed by atoms with E-state index in [1.54, 1.807) is 18.9 Å². The molecule has 0 aromatic heterocycles. The molecule has 0 radical (unpaired) electrons. The van der Waals surface area contributed by atoms with E-state index in [-0.39, 0.29) is 5.91 Å². The summed E-state index contributed by atoms with van der Waals surface area (Å²) >= 11 is 1.67. The zero-order valence-corrected chi connectivity index (χ0v) is 15.5. The molecule has 0 aliphatic rings. The van der Waals surface area contributed by atoms with Crippen LogP contribution in [0.4, 0.5) is 0 Å². The number of methoxy groups -OCH3 is 1. The van der Waals surface area contributed by atoms with Crippen LogP contribution in [0, 0.1) is 0 Å². The molecule has 0 aliphatic heterocycles. The third kappa shape index (κ3) is 4.67. The van der Waals surface area contributed by atoms with E-state index < -0.39 is 0 Å². The topological polar surface area (TPSA) is 38.3 Å². The summed E-state index contributed by atoms with van der Waals surface area (Å²) in [5.74, 6) is 1.53. The zero-order chi connectivity index (χ0) is 18.2. The molecular weight excluding hydrogens is 342 g/mol. The number of rotatable bonds is 7. The molecule has 0 fully saturated rings. The van der Waals surface area contributed by atoms with E-state index in [9.17, 15) is 4.79 Å². The van der Waals surface area contributed by atoms with Crippen molar-refractivity contribution in [2.24, 2.45) is 0 Å². The minimum absolute atomic E-state index is 0.0768. The lowest BCUT2D eigenvalue weighted by Crippen LogP contribution is -2.23. The monoisotopic (exact) mass is 363 g/mol. The highest BCUT2D eigenvalue weighted by atomic mass is 32.2. The summed E-state index contributed by atoms with van der Waals surface area (Å²) in [7, 11) is 1.64. The number of nitrogens with one attached hydrogen (secondary N) is 1. The number of thioether (sulfide) groups is 1. The van der Waals surface area contributed by atoms with Crippen LogP contribution >= 0.6 is 11.8 Å². The average molecular weight is 363 g/mol. The second kappa shape index (κ2) is 9.11. The quantitative estimate of drug-likeness (QED) is 0.606. The van der Waals surface area contributed by atoms with Gasteiger partial charge in [-0.05, 0) is 23.8 Å². The molecule has 3 nitrogen and oxygen atoms in total. The average Bonchev–Trinajstić information content (AvgIpc) is 2.71. The Balaban J connectivity index is 1.67. The number of carbonyl (C=O) groups is 1. The van der Waals surface area contributed by atoms with Gasteiger partial charge in [-0.15, -0.1) is 11.8 Å². The van der Waals surface area contributed by atoms with Crippen molar-refractivity contribution < 1.29 is 9.53 Å². The van der Waals surface area contributed by atoms with E-state index >= 15 is 0 Å². The molecule has 0 aliphatic carbocycles. The van der Waals surface area contributed by atoms with Gasteiger partial charge in [0.15, 0.2) is 0 Å². The van der Waals surface area contributed by atoms with Gasteiger partial charge in [-0.3, -0.25) is 4.79 Å². The standard InChI is InChI=1S/C22H21NO2S/c1-25-20-13-7-5-11-18(20)15-23-22(24)19-12-6-8-14-21(19)26-16-17-9-3-2-4-10-17/h2-14H,15-16H2,1H3,(H,23,24). The minimum atomic E-state index is -0.0768. The van der Waals surface area contributed by atoms with Gasteiger partial charge < -0.3 is 10.1 Å². The maximum Gasteiger partial charge on any atom is 0.252 e. The van der Waals surface area contributed by atoms with Crippen LogP contribution in [0.25, 0.3) is 0 Å². The smallest absolute Gasteiger partial charge is 0.252 e. The summed E-state index contributed by atoms with van der Waals surface area (Å²) in [5.41, 5.74) is 2.89. The lowest BCUT2D eigenvalue weighted by molar-refractivity contribution is 0.0947. The highest BCUT2D eigenvalue weighted by Gasteiger charge is 2.12. The molecule has 0 atom stereocenters. The second-order valence-corrected chi connectivity index (χ2v) is 6.78. The van der Waals surface area contributed by atoms with Crippen molar-refractivity contribution in [1.29, 1.82) is 0 Å².